The van der Waals surface area contributed by atoms with Gasteiger partial charge in [0, 0.05) is 11.0 Å². The van der Waals surface area contributed by atoms with Crippen LogP contribution in [0.15, 0.2) is 22.7 Å². The minimum absolute atomic E-state index is 0.0318. The summed E-state index contributed by atoms with van der Waals surface area (Å²) in [4.78, 5) is 14.6. The van der Waals surface area contributed by atoms with E-state index in [2.05, 4.69) is 33.1 Å². The number of benzene rings is 1. The maximum absolute atomic E-state index is 13.3. The van der Waals surface area contributed by atoms with E-state index in [4.69, 9.17) is 0 Å². The highest BCUT2D eigenvalue weighted by Crippen LogP contribution is 2.18. The van der Waals surface area contributed by atoms with Crippen molar-refractivity contribution in [1.29, 1.82) is 0 Å². The van der Waals surface area contributed by atoms with Gasteiger partial charge in [0.15, 0.2) is 0 Å². The second kappa shape index (κ2) is 7.90. The van der Waals surface area contributed by atoms with E-state index >= 15 is 0 Å². The molecule has 1 atom stereocenters. The van der Waals surface area contributed by atoms with Crippen LogP contribution in [-0.2, 0) is 11.3 Å². The zero-order valence-electron chi connectivity index (χ0n) is 12.4. The number of hydrogen-bond acceptors (Lipinski definition) is 2. The number of nitrogens with one attached hydrogen (secondary N) is 1. The topological polar surface area (TPSA) is 32.3 Å². The first-order valence-corrected chi connectivity index (χ1v) is 8.36. The van der Waals surface area contributed by atoms with Crippen LogP contribution in [0.2, 0.25) is 0 Å². The summed E-state index contributed by atoms with van der Waals surface area (Å²) >= 11 is 3.27. The summed E-state index contributed by atoms with van der Waals surface area (Å²) in [5.41, 5.74) is 0.771. The molecule has 0 aromatic heterocycles. The highest BCUT2D eigenvalue weighted by molar-refractivity contribution is 9.10. The monoisotopic (exact) mass is 356 g/mol. The summed E-state index contributed by atoms with van der Waals surface area (Å²) in [5, 5.41) is 2.94. The predicted octanol–water partition coefficient (Wildman–Crippen LogP) is 3.47. The number of nitrogens with zero attached hydrogens (tertiary/aromatic N) is 1. The normalized spacial score (nSPS) is 19.5. The van der Waals surface area contributed by atoms with Crippen LogP contribution < -0.4 is 5.32 Å². The highest BCUT2D eigenvalue weighted by Gasteiger charge is 2.27. The molecule has 1 heterocycles. The van der Waals surface area contributed by atoms with Gasteiger partial charge in [-0.25, -0.2) is 4.39 Å². The number of rotatable bonds is 5. The lowest BCUT2D eigenvalue weighted by Gasteiger charge is -2.34. The second-order valence-corrected chi connectivity index (χ2v) is 6.46. The van der Waals surface area contributed by atoms with Gasteiger partial charge in [-0.1, -0.05) is 29.3 Å². The van der Waals surface area contributed by atoms with Crippen molar-refractivity contribution in [3.05, 3.63) is 34.1 Å². The summed E-state index contributed by atoms with van der Waals surface area (Å²) in [6, 6.07) is 4.66. The fourth-order valence-electron chi connectivity index (χ4n) is 2.86. The first-order valence-electron chi connectivity index (χ1n) is 7.57. The number of amides is 1. The maximum atomic E-state index is 13.3. The molecule has 2 rings (SSSR count). The molecular formula is C16H22BrFN2O. The van der Waals surface area contributed by atoms with Crippen LogP contribution in [0.5, 0.6) is 0 Å². The zero-order chi connectivity index (χ0) is 15.2. The Morgan fingerprint density at radius 3 is 2.95 bits per heavy atom. The second-order valence-electron chi connectivity index (χ2n) is 5.54. The van der Waals surface area contributed by atoms with Crippen LogP contribution in [0.1, 0.15) is 38.2 Å². The van der Waals surface area contributed by atoms with Crippen molar-refractivity contribution in [3.63, 3.8) is 0 Å². The third-order valence-electron chi connectivity index (χ3n) is 3.82. The molecule has 1 saturated heterocycles. The van der Waals surface area contributed by atoms with Gasteiger partial charge in [-0.15, -0.1) is 0 Å². The fourth-order valence-corrected chi connectivity index (χ4v) is 3.38. The Hall–Kier alpha value is -0.940. The molecule has 1 aliphatic rings. The average molecular weight is 357 g/mol. The van der Waals surface area contributed by atoms with E-state index in [1.807, 2.05) is 6.07 Å². The number of piperidine rings is 1. The van der Waals surface area contributed by atoms with Crippen molar-refractivity contribution in [3.8, 4) is 0 Å². The Balaban J connectivity index is 1.93. The van der Waals surface area contributed by atoms with Gasteiger partial charge in [-0.2, -0.15) is 0 Å². The van der Waals surface area contributed by atoms with Crippen LogP contribution in [0.4, 0.5) is 4.39 Å². The molecule has 1 aromatic carbocycles. The van der Waals surface area contributed by atoms with Crippen LogP contribution in [0.3, 0.4) is 0 Å². The molecule has 0 bridgehead atoms. The van der Waals surface area contributed by atoms with Gasteiger partial charge in [0.1, 0.15) is 5.82 Å². The minimum Gasteiger partial charge on any atom is -0.351 e. The summed E-state index contributed by atoms with van der Waals surface area (Å²) in [6.07, 6.45) is 4.24. The number of likely N-dealkylation sites (tertiary alicyclic amines) is 1. The molecule has 1 fully saturated rings. The van der Waals surface area contributed by atoms with E-state index in [1.54, 1.807) is 0 Å². The van der Waals surface area contributed by atoms with Crippen molar-refractivity contribution < 1.29 is 9.18 Å². The predicted molar refractivity (Wildman–Crippen MR) is 85.4 cm³/mol. The van der Waals surface area contributed by atoms with Gasteiger partial charge < -0.3 is 5.32 Å². The van der Waals surface area contributed by atoms with Crippen LogP contribution >= 0.6 is 15.9 Å². The van der Waals surface area contributed by atoms with Crippen molar-refractivity contribution in [2.45, 2.75) is 45.2 Å². The molecule has 116 valence electrons. The van der Waals surface area contributed by atoms with E-state index in [-0.39, 0.29) is 17.8 Å². The minimum atomic E-state index is -0.293. The van der Waals surface area contributed by atoms with Gasteiger partial charge in [0.25, 0.3) is 0 Å². The molecule has 1 unspecified atom stereocenters. The van der Waals surface area contributed by atoms with E-state index in [0.29, 0.717) is 11.0 Å². The molecule has 1 aromatic rings. The maximum Gasteiger partial charge on any atom is 0.237 e. The summed E-state index contributed by atoms with van der Waals surface area (Å²) in [5.74, 6) is -0.234. The van der Waals surface area contributed by atoms with Crippen molar-refractivity contribution in [1.82, 2.24) is 10.2 Å². The van der Waals surface area contributed by atoms with Crippen molar-refractivity contribution >= 4 is 21.8 Å². The zero-order valence-corrected chi connectivity index (χ0v) is 14.0. The molecular weight excluding hydrogens is 335 g/mol. The highest BCUT2D eigenvalue weighted by atomic mass is 79.9. The fraction of sp³-hybridized carbons (Fsp3) is 0.562. The lowest BCUT2D eigenvalue weighted by molar-refractivity contribution is -0.127. The number of halogens is 2. The van der Waals surface area contributed by atoms with Crippen LogP contribution in [0.25, 0.3) is 0 Å². The lowest BCUT2D eigenvalue weighted by Crippen LogP contribution is -2.49. The third kappa shape index (κ3) is 4.78. The molecule has 21 heavy (non-hydrogen) atoms. The Morgan fingerprint density at radius 2 is 2.24 bits per heavy atom. The van der Waals surface area contributed by atoms with Crippen molar-refractivity contribution in [2.75, 3.05) is 13.1 Å². The van der Waals surface area contributed by atoms with Gasteiger partial charge in [-0.3, -0.25) is 9.69 Å². The van der Waals surface area contributed by atoms with Crippen molar-refractivity contribution in [2.24, 2.45) is 0 Å². The molecule has 0 radical (unpaired) electrons. The Labute approximate surface area is 134 Å². The number of carbonyl (C=O) groups excluding carboxylic acids is 1. The largest absolute Gasteiger partial charge is 0.351 e. The van der Waals surface area contributed by atoms with Crippen LogP contribution in [0, 0.1) is 5.82 Å². The van der Waals surface area contributed by atoms with E-state index in [1.165, 1.54) is 18.6 Å². The molecule has 5 heteroatoms. The van der Waals surface area contributed by atoms with E-state index in [9.17, 15) is 9.18 Å². The lowest BCUT2D eigenvalue weighted by atomic mass is 10.0. The summed E-state index contributed by atoms with van der Waals surface area (Å²) in [6.45, 7) is 4.46. The molecule has 0 aliphatic carbocycles. The number of hydrogen-bond donors (Lipinski definition) is 1. The Kier molecular flexibility index (Phi) is 6.18. The molecule has 0 saturated carbocycles. The van der Waals surface area contributed by atoms with Gasteiger partial charge in [0.2, 0.25) is 5.91 Å². The van der Waals surface area contributed by atoms with Crippen LogP contribution in [-0.4, -0.2) is 29.9 Å². The van der Waals surface area contributed by atoms with Gasteiger partial charge in [-0.05, 0) is 56.1 Å². The molecule has 1 amide bonds. The third-order valence-corrected chi connectivity index (χ3v) is 4.27. The molecule has 0 spiro atoms. The molecule has 3 nitrogen and oxygen atoms in total. The standard InChI is InChI=1S/C16H22BrFN2O/c1-2-6-20-7-4-3-5-15(20)16(21)19-11-12-8-13(17)10-14(18)9-12/h8-10,15H,2-7,11H2,1H3,(H,19,21). The van der Waals surface area contributed by atoms with Gasteiger partial charge >= 0.3 is 0 Å². The molecule has 1 aliphatic heterocycles. The SMILES string of the molecule is CCCN1CCCCC1C(=O)NCc1cc(F)cc(Br)c1. The Morgan fingerprint density at radius 1 is 1.43 bits per heavy atom. The van der Waals surface area contributed by atoms with E-state index in [0.717, 1.165) is 37.9 Å². The first-order chi connectivity index (χ1) is 10.1. The smallest absolute Gasteiger partial charge is 0.237 e. The quantitative estimate of drug-likeness (QED) is 0.875. The Bertz CT molecular complexity index is 473. The number of carbonyl (C=O) groups is 1. The molecule has 1 N–H and O–H groups in total. The van der Waals surface area contributed by atoms with Gasteiger partial charge in [0.05, 0.1) is 6.04 Å². The van der Waals surface area contributed by atoms with E-state index < -0.39 is 0 Å². The summed E-state index contributed by atoms with van der Waals surface area (Å²) in [7, 11) is 0. The first kappa shape index (κ1) is 16.4. The average Bonchev–Trinajstić information content (AvgIpc) is 2.45. The summed E-state index contributed by atoms with van der Waals surface area (Å²) < 4.78 is 14.0.